The molecule has 1 saturated heterocycles. The van der Waals surface area contributed by atoms with Gasteiger partial charge in [-0.15, -0.1) is 0 Å². The minimum absolute atomic E-state index is 0.181. The largest absolute Gasteiger partial charge is 0.347 e. The van der Waals surface area contributed by atoms with Crippen molar-refractivity contribution in [2.45, 2.75) is 26.2 Å². The van der Waals surface area contributed by atoms with Crippen molar-refractivity contribution in [2.75, 3.05) is 18.0 Å². The Hall–Kier alpha value is -3.02. The Balaban J connectivity index is 1.67. The van der Waals surface area contributed by atoms with E-state index in [0.29, 0.717) is 24.1 Å². The average molecular weight is 350 g/mol. The summed E-state index contributed by atoms with van der Waals surface area (Å²) in [4.78, 5) is 29.9. The van der Waals surface area contributed by atoms with Crippen molar-refractivity contribution in [3.8, 4) is 0 Å². The molecule has 1 fully saturated rings. The molecule has 0 unspecified atom stereocenters. The summed E-state index contributed by atoms with van der Waals surface area (Å²) in [6, 6.07) is 9.77. The molecule has 0 atom stereocenters. The fourth-order valence-electron chi connectivity index (χ4n) is 2.97. The van der Waals surface area contributed by atoms with E-state index in [1.54, 1.807) is 13.1 Å². The van der Waals surface area contributed by atoms with Gasteiger partial charge in [0.2, 0.25) is 5.91 Å². The number of hydrogen-bond acceptors (Lipinski definition) is 4. The lowest BCUT2D eigenvalue weighted by Crippen LogP contribution is -2.28. The molecular weight excluding hydrogens is 328 g/mol. The van der Waals surface area contributed by atoms with Gasteiger partial charge >= 0.3 is 0 Å². The van der Waals surface area contributed by atoms with Gasteiger partial charge in [-0.25, -0.2) is 0 Å². The van der Waals surface area contributed by atoms with Gasteiger partial charge in [0.05, 0.1) is 12.1 Å². The monoisotopic (exact) mass is 350 g/mol. The molecule has 2 aromatic rings. The van der Waals surface area contributed by atoms with Gasteiger partial charge in [-0.2, -0.15) is 0 Å². The van der Waals surface area contributed by atoms with Gasteiger partial charge in [-0.1, -0.05) is 12.1 Å². The number of carbonyl (C=O) groups excluding carboxylic acids is 2. The van der Waals surface area contributed by atoms with Gasteiger partial charge < -0.3 is 15.6 Å². The first kappa shape index (κ1) is 17.8. The molecule has 1 aromatic heterocycles. The van der Waals surface area contributed by atoms with E-state index in [-0.39, 0.29) is 18.4 Å². The van der Waals surface area contributed by atoms with Crippen molar-refractivity contribution in [2.24, 2.45) is 0 Å². The Labute approximate surface area is 152 Å². The van der Waals surface area contributed by atoms with E-state index >= 15 is 0 Å². The fraction of sp³-hybridized carbons (Fsp3) is 0.300. The standard InChI is InChI=1S/C20H22N4O2/c1-14(21)11-23-20(26)17-10-16(12-22-13-17)9-15-4-6-18(7-5-15)24-8-2-3-19(24)25/h4-7,10,12-13,21H,2-3,8-9,11H2,1H3,(H,23,26). The zero-order valence-corrected chi connectivity index (χ0v) is 14.8. The van der Waals surface area contributed by atoms with Crippen molar-refractivity contribution in [1.82, 2.24) is 10.3 Å². The lowest BCUT2D eigenvalue weighted by molar-refractivity contribution is -0.117. The number of hydrogen-bond donors (Lipinski definition) is 2. The van der Waals surface area contributed by atoms with E-state index in [0.717, 1.165) is 29.8 Å². The van der Waals surface area contributed by atoms with Gasteiger partial charge in [0.1, 0.15) is 0 Å². The summed E-state index contributed by atoms with van der Waals surface area (Å²) in [6.45, 7) is 2.67. The summed E-state index contributed by atoms with van der Waals surface area (Å²) < 4.78 is 0. The molecule has 6 heteroatoms. The Morgan fingerprint density at radius 2 is 2.00 bits per heavy atom. The lowest BCUT2D eigenvalue weighted by Gasteiger charge is -2.16. The molecule has 0 bridgehead atoms. The second-order valence-corrected chi connectivity index (χ2v) is 6.54. The molecule has 26 heavy (non-hydrogen) atoms. The van der Waals surface area contributed by atoms with Crippen LogP contribution in [0.4, 0.5) is 5.69 Å². The molecule has 0 spiro atoms. The highest BCUT2D eigenvalue weighted by Crippen LogP contribution is 2.22. The third-order valence-corrected chi connectivity index (χ3v) is 4.30. The second kappa shape index (κ2) is 7.91. The summed E-state index contributed by atoms with van der Waals surface area (Å²) in [7, 11) is 0. The smallest absolute Gasteiger partial charge is 0.253 e. The van der Waals surface area contributed by atoms with E-state index in [1.807, 2.05) is 35.2 Å². The maximum atomic E-state index is 12.1. The van der Waals surface area contributed by atoms with Crippen LogP contribution in [0.15, 0.2) is 42.7 Å². The van der Waals surface area contributed by atoms with Crippen molar-refractivity contribution >= 4 is 23.2 Å². The molecule has 1 aromatic carbocycles. The molecular formula is C20H22N4O2. The lowest BCUT2D eigenvalue weighted by atomic mass is 10.0. The number of nitrogens with one attached hydrogen (secondary N) is 2. The van der Waals surface area contributed by atoms with Crippen LogP contribution in [-0.2, 0) is 11.2 Å². The average Bonchev–Trinajstić information content (AvgIpc) is 3.06. The first-order valence-corrected chi connectivity index (χ1v) is 8.68. The van der Waals surface area contributed by atoms with Crippen LogP contribution in [0, 0.1) is 5.41 Å². The Morgan fingerprint density at radius 3 is 2.65 bits per heavy atom. The first-order chi connectivity index (χ1) is 12.5. The Kier molecular flexibility index (Phi) is 5.41. The quantitative estimate of drug-likeness (QED) is 0.785. The van der Waals surface area contributed by atoms with Crippen LogP contribution in [0.3, 0.4) is 0 Å². The van der Waals surface area contributed by atoms with Crippen molar-refractivity contribution < 1.29 is 9.59 Å². The van der Waals surface area contributed by atoms with E-state index in [1.165, 1.54) is 6.20 Å². The number of nitrogens with zero attached hydrogens (tertiary/aromatic N) is 2. The predicted octanol–water partition coefficient (Wildman–Crippen LogP) is 2.57. The highest BCUT2D eigenvalue weighted by atomic mass is 16.2. The van der Waals surface area contributed by atoms with Crippen LogP contribution < -0.4 is 10.2 Å². The van der Waals surface area contributed by atoms with E-state index in [4.69, 9.17) is 5.41 Å². The van der Waals surface area contributed by atoms with Crippen molar-refractivity contribution in [3.05, 3.63) is 59.4 Å². The summed E-state index contributed by atoms with van der Waals surface area (Å²) in [6.07, 6.45) is 5.47. The topological polar surface area (TPSA) is 86.2 Å². The number of anilines is 1. The summed E-state index contributed by atoms with van der Waals surface area (Å²) >= 11 is 0. The number of amides is 2. The molecule has 6 nitrogen and oxygen atoms in total. The Morgan fingerprint density at radius 1 is 1.23 bits per heavy atom. The summed E-state index contributed by atoms with van der Waals surface area (Å²) in [5, 5.41) is 10.1. The number of rotatable bonds is 6. The highest BCUT2D eigenvalue weighted by molar-refractivity contribution is 5.96. The van der Waals surface area contributed by atoms with Crippen molar-refractivity contribution in [3.63, 3.8) is 0 Å². The van der Waals surface area contributed by atoms with Gasteiger partial charge in [0.15, 0.2) is 0 Å². The zero-order chi connectivity index (χ0) is 18.5. The minimum atomic E-state index is -0.228. The minimum Gasteiger partial charge on any atom is -0.347 e. The molecule has 1 aliphatic heterocycles. The van der Waals surface area contributed by atoms with Gasteiger partial charge in [0.25, 0.3) is 5.91 Å². The normalized spacial score (nSPS) is 13.7. The molecule has 0 aliphatic carbocycles. The van der Waals surface area contributed by atoms with Crippen LogP contribution in [0.2, 0.25) is 0 Å². The predicted molar refractivity (Wildman–Crippen MR) is 101 cm³/mol. The molecule has 1 aliphatic rings. The number of aromatic nitrogens is 1. The number of pyridine rings is 1. The molecule has 3 rings (SSSR count). The van der Waals surface area contributed by atoms with E-state index in [9.17, 15) is 9.59 Å². The molecule has 134 valence electrons. The molecule has 2 N–H and O–H groups in total. The number of carbonyl (C=O) groups is 2. The maximum Gasteiger partial charge on any atom is 0.253 e. The van der Waals surface area contributed by atoms with Gasteiger partial charge in [-0.05, 0) is 49.1 Å². The summed E-state index contributed by atoms with van der Waals surface area (Å²) in [5.41, 5.74) is 3.86. The van der Waals surface area contributed by atoms with Crippen LogP contribution in [0.1, 0.15) is 41.3 Å². The van der Waals surface area contributed by atoms with Gasteiger partial charge in [-0.3, -0.25) is 14.6 Å². The van der Waals surface area contributed by atoms with Crippen LogP contribution in [0.5, 0.6) is 0 Å². The third-order valence-electron chi connectivity index (χ3n) is 4.30. The first-order valence-electron chi connectivity index (χ1n) is 8.68. The third kappa shape index (κ3) is 4.33. The molecule has 2 heterocycles. The van der Waals surface area contributed by atoms with Crippen LogP contribution in [-0.4, -0.2) is 35.6 Å². The SMILES string of the molecule is CC(=N)CNC(=O)c1cncc(Cc2ccc(N3CCCC3=O)cc2)c1. The van der Waals surface area contributed by atoms with Crippen LogP contribution >= 0.6 is 0 Å². The maximum absolute atomic E-state index is 12.1. The van der Waals surface area contributed by atoms with Crippen molar-refractivity contribution in [1.29, 1.82) is 5.41 Å². The van der Waals surface area contributed by atoms with E-state index in [2.05, 4.69) is 10.3 Å². The fourth-order valence-corrected chi connectivity index (χ4v) is 2.97. The molecule has 0 saturated carbocycles. The summed E-state index contributed by atoms with van der Waals surface area (Å²) in [5.74, 6) is -0.0466. The number of benzene rings is 1. The van der Waals surface area contributed by atoms with E-state index < -0.39 is 0 Å². The highest BCUT2D eigenvalue weighted by Gasteiger charge is 2.21. The van der Waals surface area contributed by atoms with Gasteiger partial charge in [0, 0.05) is 36.8 Å². The second-order valence-electron chi connectivity index (χ2n) is 6.54. The molecule has 2 amide bonds. The Bertz CT molecular complexity index is 830. The molecule has 0 radical (unpaired) electrons. The zero-order valence-electron chi connectivity index (χ0n) is 14.8. The van der Waals surface area contributed by atoms with Crippen LogP contribution in [0.25, 0.3) is 0 Å².